The summed E-state index contributed by atoms with van der Waals surface area (Å²) in [6.45, 7) is 12.0. The van der Waals surface area contributed by atoms with Crippen molar-refractivity contribution in [3.8, 4) is 11.5 Å². The molecule has 2 aromatic rings. The molecule has 7 nitrogen and oxygen atoms in total. The van der Waals surface area contributed by atoms with Gasteiger partial charge in [0, 0.05) is 25.3 Å². The first kappa shape index (κ1) is 25.1. The standard InChI is InChI=1S/C21H33N5O2.HI/c1-6-22-21(23-11-12-28-20-9-7-19(27-5)8-10-20)24-14-16(2)15-26-18(4)13-17(3)25-26;/h7-10,13,16H,6,11-12,14-15H2,1-5H3,(H2,22,23,24);1H. The lowest BCUT2D eigenvalue weighted by atomic mass is 10.2. The van der Waals surface area contributed by atoms with Crippen LogP contribution in [-0.2, 0) is 6.54 Å². The Bertz CT molecular complexity index is 746. The Balaban J connectivity index is 0.00000420. The third-order valence-corrected chi connectivity index (χ3v) is 4.22. The van der Waals surface area contributed by atoms with Crippen LogP contribution in [0, 0.1) is 19.8 Å². The summed E-state index contributed by atoms with van der Waals surface area (Å²) in [5, 5.41) is 11.1. The minimum atomic E-state index is 0. The zero-order chi connectivity index (χ0) is 20.4. The van der Waals surface area contributed by atoms with Crippen molar-refractivity contribution in [2.75, 3.05) is 33.4 Å². The summed E-state index contributed by atoms with van der Waals surface area (Å²) in [6.07, 6.45) is 0. The Kier molecular flexibility index (Phi) is 11.5. The Morgan fingerprint density at radius 3 is 2.45 bits per heavy atom. The van der Waals surface area contributed by atoms with Gasteiger partial charge in [-0.3, -0.25) is 9.67 Å². The molecule has 1 aromatic heterocycles. The number of nitrogens with one attached hydrogen (secondary N) is 2. The highest BCUT2D eigenvalue weighted by atomic mass is 127. The van der Waals surface area contributed by atoms with Crippen molar-refractivity contribution in [1.82, 2.24) is 20.4 Å². The monoisotopic (exact) mass is 515 g/mol. The summed E-state index contributed by atoms with van der Waals surface area (Å²) < 4.78 is 12.9. The average molecular weight is 515 g/mol. The molecule has 0 aliphatic heterocycles. The Labute approximate surface area is 191 Å². The van der Waals surface area contributed by atoms with Gasteiger partial charge in [0.15, 0.2) is 5.96 Å². The summed E-state index contributed by atoms with van der Waals surface area (Å²) >= 11 is 0. The minimum Gasteiger partial charge on any atom is -0.497 e. The lowest BCUT2D eigenvalue weighted by molar-refractivity contribution is 0.321. The lowest BCUT2D eigenvalue weighted by Crippen LogP contribution is -2.39. The first-order chi connectivity index (χ1) is 13.5. The first-order valence-electron chi connectivity index (χ1n) is 9.82. The first-order valence-corrected chi connectivity index (χ1v) is 9.82. The molecule has 8 heteroatoms. The molecule has 162 valence electrons. The highest BCUT2D eigenvalue weighted by Gasteiger charge is 2.07. The van der Waals surface area contributed by atoms with Crippen LogP contribution >= 0.6 is 24.0 Å². The van der Waals surface area contributed by atoms with E-state index in [-0.39, 0.29) is 24.0 Å². The minimum absolute atomic E-state index is 0. The molecule has 0 aliphatic carbocycles. The topological polar surface area (TPSA) is 72.7 Å². The summed E-state index contributed by atoms with van der Waals surface area (Å²) in [5.41, 5.74) is 2.24. The predicted molar refractivity (Wildman–Crippen MR) is 129 cm³/mol. The van der Waals surface area contributed by atoms with Crippen LogP contribution in [0.1, 0.15) is 25.2 Å². The highest BCUT2D eigenvalue weighted by molar-refractivity contribution is 14.0. The van der Waals surface area contributed by atoms with Crippen LogP contribution in [0.5, 0.6) is 11.5 Å². The van der Waals surface area contributed by atoms with Crippen LogP contribution in [0.2, 0.25) is 0 Å². The molecule has 0 fully saturated rings. The lowest BCUT2D eigenvalue weighted by Gasteiger charge is -2.14. The van der Waals surface area contributed by atoms with E-state index < -0.39 is 0 Å². The number of methoxy groups -OCH3 is 1. The average Bonchev–Trinajstić information content (AvgIpc) is 3.00. The van der Waals surface area contributed by atoms with Gasteiger partial charge in [-0.2, -0.15) is 5.10 Å². The molecule has 0 bridgehead atoms. The fourth-order valence-electron chi connectivity index (χ4n) is 2.81. The van der Waals surface area contributed by atoms with Crippen molar-refractivity contribution >= 4 is 29.9 Å². The Morgan fingerprint density at radius 2 is 1.86 bits per heavy atom. The van der Waals surface area contributed by atoms with E-state index in [1.807, 2.05) is 31.2 Å². The van der Waals surface area contributed by atoms with Crippen molar-refractivity contribution in [2.45, 2.75) is 34.2 Å². The van der Waals surface area contributed by atoms with Gasteiger partial charge in [0.25, 0.3) is 0 Å². The summed E-state index contributed by atoms with van der Waals surface area (Å²) in [6, 6.07) is 9.68. The number of rotatable bonds is 10. The number of aromatic nitrogens is 2. The highest BCUT2D eigenvalue weighted by Crippen LogP contribution is 2.16. The second-order valence-electron chi connectivity index (χ2n) is 6.88. The summed E-state index contributed by atoms with van der Waals surface area (Å²) in [4.78, 5) is 4.69. The fraction of sp³-hybridized carbons (Fsp3) is 0.524. The van der Waals surface area contributed by atoms with Crippen molar-refractivity contribution in [3.05, 3.63) is 41.7 Å². The maximum absolute atomic E-state index is 5.74. The van der Waals surface area contributed by atoms with Gasteiger partial charge in [-0.25, -0.2) is 0 Å². The molecule has 2 N–H and O–H groups in total. The third-order valence-electron chi connectivity index (χ3n) is 4.22. The summed E-state index contributed by atoms with van der Waals surface area (Å²) in [5.74, 6) is 2.84. The second-order valence-corrected chi connectivity index (χ2v) is 6.88. The number of ether oxygens (including phenoxy) is 2. The Morgan fingerprint density at radius 1 is 1.17 bits per heavy atom. The molecule has 1 aromatic carbocycles. The van der Waals surface area contributed by atoms with Crippen LogP contribution in [-0.4, -0.2) is 49.1 Å². The number of aryl methyl sites for hydroxylation is 2. The Hall–Kier alpha value is -1.97. The fourth-order valence-corrected chi connectivity index (χ4v) is 2.81. The van der Waals surface area contributed by atoms with Crippen LogP contribution in [0.15, 0.2) is 35.3 Å². The molecule has 0 saturated carbocycles. The van der Waals surface area contributed by atoms with Crippen molar-refractivity contribution in [1.29, 1.82) is 0 Å². The van der Waals surface area contributed by atoms with Gasteiger partial charge < -0.3 is 20.1 Å². The van der Waals surface area contributed by atoms with Gasteiger partial charge in [0.1, 0.15) is 18.1 Å². The van der Waals surface area contributed by atoms with Gasteiger partial charge >= 0.3 is 0 Å². The maximum Gasteiger partial charge on any atom is 0.191 e. The molecule has 0 radical (unpaired) electrons. The molecule has 29 heavy (non-hydrogen) atoms. The van der Waals surface area contributed by atoms with Gasteiger partial charge in [0.2, 0.25) is 0 Å². The second kappa shape index (κ2) is 13.3. The molecule has 0 aliphatic rings. The SMILES string of the molecule is CCNC(=NCC(C)Cn1nc(C)cc1C)NCCOc1ccc(OC)cc1.I. The third kappa shape index (κ3) is 8.93. The van der Waals surface area contributed by atoms with E-state index in [1.165, 1.54) is 5.69 Å². The van der Waals surface area contributed by atoms with E-state index in [0.717, 1.165) is 42.8 Å². The quantitative estimate of drug-likeness (QED) is 0.220. The molecule has 2 rings (SSSR count). The molecule has 0 spiro atoms. The number of benzene rings is 1. The molecule has 0 amide bonds. The zero-order valence-electron chi connectivity index (χ0n) is 18.1. The van der Waals surface area contributed by atoms with Crippen LogP contribution < -0.4 is 20.1 Å². The maximum atomic E-state index is 5.74. The van der Waals surface area contributed by atoms with E-state index in [9.17, 15) is 0 Å². The van der Waals surface area contributed by atoms with Gasteiger partial charge in [0.05, 0.1) is 19.3 Å². The van der Waals surface area contributed by atoms with Crippen LogP contribution in [0.4, 0.5) is 0 Å². The molecular formula is C21H34IN5O2. The van der Waals surface area contributed by atoms with E-state index in [4.69, 9.17) is 14.5 Å². The number of aliphatic imine (C=N–C) groups is 1. The molecule has 0 saturated heterocycles. The number of nitrogens with zero attached hydrogens (tertiary/aromatic N) is 3. The van der Waals surface area contributed by atoms with Gasteiger partial charge in [-0.1, -0.05) is 6.92 Å². The smallest absolute Gasteiger partial charge is 0.191 e. The van der Waals surface area contributed by atoms with E-state index in [1.54, 1.807) is 7.11 Å². The molecule has 1 atom stereocenters. The van der Waals surface area contributed by atoms with E-state index in [0.29, 0.717) is 19.1 Å². The number of hydrogen-bond donors (Lipinski definition) is 2. The molecule has 1 unspecified atom stereocenters. The number of halogens is 1. The van der Waals surface area contributed by atoms with Crippen molar-refractivity contribution < 1.29 is 9.47 Å². The van der Waals surface area contributed by atoms with Crippen molar-refractivity contribution in [3.63, 3.8) is 0 Å². The number of guanidine groups is 1. The summed E-state index contributed by atoms with van der Waals surface area (Å²) in [7, 11) is 1.65. The van der Waals surface area contributed by atoms with Crippen LogP contribution in [0.25, 0.3) is 0 Å². The van der Waals surface area contributed by atoms with Crippen LogP contribution in [0.3, 0.4) is 0 Å². The normalized spacial score (nSPS) is 12.1. The van der Waals surface area contributed by atoms with E-state index >= 15 is 0 Å². The van der Waals surface area contributed by atoms with Gasteiger partial charge in [-0.05, 0) is 57.0 Å². The largest absolute Gasteiger partial charge is 0.497 e. The zero-order valence-corrected chi connectivity index (χ0v) is 20.4. The van der Waals surface area contributed by atoms with E-state index in [2.05, 4.69) is 47.3 Å². The molecular weight excluding hydrogens is 481 g/mol. The van der Waals surface area contributed by atoms with Crippen molar-refractivity contribution in [2.24, 2.45) is 10.9 Å². The van der Waals surface area contributed by atoms with Gasteiger partial charge in [-0.15, -0.1) is 24.0 Å². The molecule has 1 heterocycles. The predicted octanol–water partition coefficient (Wildman–Crippen LogP) is 3.40. The number of hydrogen-bond acceptors (Lipinski definition) is 4.